The van der Waals surface area contributed by atoms with Gasteiger partial charge in [0, 0.05) is 25.9 Å². The van der Waals surface area contributed by atoms with Crippen molar-refractivity contribution < 1.29 is 26.7 Å². The average molecular weight is 394 g/mol. The number of alkyl halides is 3. The normalized spacial score (nSPS) is 12.3. The molecule has 0 unspecified atom stereocenters. The molecule has 0 spiro atoms. The minimum Gasteiger partial charge on any atom is -0.404 e. The number of nitrogens with zero attached hydrogens (tertiary/aromatic N) is 3. The molecule has 1 aromatic heterocycles. The van der Waals surface area contributed by atoms with E-state index >= 15 is 0 Å². The summed E-state index contributed by atoms with van der Waals surface area (Å²) in [4.78, 5) is 8.54. The third-order valence-electron chi connectivity index (χ3n) is 2.25. The molecule has 6 nitrogen and oxygen atoms in total. The van der Waals surface area contributed by atoms with Crippen LogP contribution in [-0.2, 0) is 27.0 Å². The summed E-state index contributed by atoms with van der Waals surface area (Å²) in [5, 5.41) is -0.795. The fourth-order valence-electron chi connectivity index (χ4n) is 1.38. The van der Waals surface area contributed by atoms with Crippen molar-refractivity contribution in [2.24, 2.45) is 0 Å². The van der Waals surface area contributed by atoms with Gasteiger partial charge in [-0.1, -0.05) is 11.6 Å². The molecule has 12 heteroatoms. The predicted octanol–water partition coefficient (Wildman–Crippen LogP) is 3.89. The van der Waals surface area contributed by atoms with Crippen LogP contribution in [0.5, 0.6) is 5.88 Å². The van der Waals surface area contributed by atoms with Gasteiger partial charge in [-0.25, -0.2) is 4.98 Å². The Hall–Kier alpha value is -0.670. The summed E-state index contributed by atoms with van der Waals surface area (Å²) in [6.07, 6.45) is -4.78. The van der Waals surface area contributed by atoms with E-state index in [2.05, 4.69) is 9.97 Å². The van der Waals surface area contributed by atoms with Crippen LogP contribution in [0, 0.1) is 0 Å². The highest BCUT2D eigenvalue weighted by atomic mass is 35.5. The van der Waals surface area contributed by atoms with Crippen molar-refractivity contribution in [2.75, 3.05) is 32.2 Å². The predicted molar refractivity (Wildman–Crippen MR) is 84.5 cm³/mol. The van der Waals surface area contributed by atoms with E-state index in [9.17, 15) is 13.2 Å². The topological polar surface area (TPSA) is 56.7 Å². The van der Waals surface area contributed by atoms with Gasteiger partial charge in [-0.05, 0) is 13.8 Å². The van der Waals surface area contributed by atoms with Gasteiger partial charge >= 0.3 is 12.9 Å². The molecule has 1 heterocycles. The van der Waals surface area contributed by atoms with Crippen LogP contribution >= 0.6 is 18.3 Å². The first-order valence-corrected chi connectivity index (χ1v) is 9.38. The Labute approximate surface area is 142 Å². The molecule has 1 rings (SSSR count). The fourth-order valence-corrected chi connectivity index (χ4v) is 3.66. The molecule has 1 aromatic rings. The quantitative estimate of drug-likeness (QED) is 0.651. The largest absolute Gasteiger partial charge is 0.435 e. The average Bonchev–Trinajstić information content (AvgIpc) is 2.39. The maximum atomic E-state index is 13.1. The Morgan fingerprint density at radius 2 is 1.70 bits per heavy atom. The van der Waals surface area contributed by atoms with Crippen LogP contribution in [-0.4, -0.2) is 37.3 Å². The first kappa shape index (κ1) is 20.4. The Bertz CT molecular complexity index is 594. The van der Waals surface area contributed by atoms with Crippen LogP contribution in [0.2, 0.25) is 5.02 Å². The molecule has 0 atom stereocenters. The van der Waals surface area contributed by atoms with E-state index < -0.39 is 29.5 Å². The highest BCUT2D eigenvalue weighted by Gasteiger charge is 2.39. The number of rotatable bonds is 7. The van der Waals surface area contributed by atoms with Crippen LogP contribution in [0.15, 0.2) is 0 Å². The maximum Gasteiger partial charge on any atom is 0.435 e. The molecule has 132 valence electrons. The Morgan fingerprint density at radius 1 is 1.17 bits per heavy atom. The maximum absolute atomic E-state index is 13.1. The Morgan fingerprint density at radius 3 is 2.09 bits per heavy atom. The zero-order chi connectivity index (χ0) is 17.8. The second-order valence-electron chi connectivity index (χ2n) is 4.26. The summed E-state index contributed by atoms with van der Waals surface area (Å²) in [5.41, 5.74) is -1.32. The Balaban J connectivity index is 3.39. The smallest absolute Gasteiger partial charge is 0.404 e. The lowest BCUT2D eigenvalue weighted by Gasteiger charge is -2.22. The first-order valence-electron chi connectivity index (χ1n) is 6.44. The van der Waals surface area contributed by atoms with Crippen molar-refractivity contribution in [3.63, 3.8) is 0 Å². The molecule has 0 fully saturated rings. The van der Waals surface area contributed by atoms with Crippen molar-refractivity contribution in [1.29, 1.82) is 0 Å². The summed E-state index contributed by atoms with van der Waals surface area (Å²) in [5.74, 6) is -0.755. The third-order valence-corrected chi connectivity index (χ3v) is 4.99. The summed E-state index contributed by atoms with van der Waals surface area (Å²) in [6, 6.07) is 0. The lowest BCUT2D eigenvalue weighted by molar-refractivity contribution is -0.141. The van der Waals surface area contributed by atoms with Crippen LogP contribution in [0.1, 0.15) is 19.5 Å². The van der Waals surface area contributed by atoms with E-state index in [-0.39, 0.29) is 19.2 Å². The van der Waals surface area contributed by atoms with Gasteiger partial charge in [-0.2, -0.15) is 18.2 Å². The third kappa shape index (κ3) is 5.42. The second kappa shape index (κ2) is 7.94. The molecule has 0 bridgehead atoms. The van der Waals surface area contributed by atoms with Crippen molar-refractivity contribution in [1.82, 2.24) is 9.97 Å². The van der Waals surface area contributed by atoms with E-state index in [0.29, 0.717) is 0 Å². The molecule has 0 saturated heterocycles. The number of anilines is 1. The van der Waals surface area contributed by atoms with Crippen LogP contribution in [0.25, 0.3) is 0 Å². The van der Waals surface area contributed by atoms with Crippen LogP contribution in [0.4, 0.5) is 19.1 Å². The van der Waals surface area contributed by atoms with Crippen molar-refractivity contribution in [2.45, 2.75) is 20.0 Å². The minimum absolute atomic E-state index is 0.159. The van der Waals surface area contributed by atoms with Crippen LogP contribution in [0.3, 0.4) is 0 Å². The summed E-state index contributed by atoms with van der Waals surface area (Å²) < 4.78 is 55.0. The Kier molecular flexibility index (Phi) is 7.03. The first-order chi connectivity index (χ1) is 10.5. The zero-order valence-electron chi connectivity index (χ0n) is 12.8. The van der Waals surface area contributed by atoms with Gasteiger partial charge in [0.2, 0.25) is 11.8 Å². The molecule has 0 aliphatic heterocycles. The van der Waals surface area contributed by atoms with Gasteiger partial charge in [0.25, 0.3) is 0 Å². The lowest BCUT2D eigenvalue weighted by Crippen LogP contribution is -2.18. The molecular formula is C11H16ClF3N3O3PS. The van der Waals surface area contributed by atoms with Crippen LogP contribution < -0.4 is 9.42 Å². The molecule has 0 aromatic carbocycles. The van der Waals surface area contributed by atoms with Gasteiger partial charge in [0.1, 0.15) is 5.02 Å². The van der Waals surface area contributed by atoms with E-state index in [0.717, 1.165) is 0 Å². The monoisotopic (exact) mass is 393 g/mol. The molecule has 0 radical (unpaired) electrons. The lowest BCUT2D eigenvalue weighted by atomic mass is 10.4. The summed E-state index contributed by atoms with van der Waals surface area (Å²) in [7, 11) is 2.96. The summed E-state index contributed by atoms with van der Waals surface area (Å²) in [6.45, 7) is 0.301. The molecule has 0 N–H and O–H groups in total. The summed E-state index contributed by atoms with van der Waals surface area (Å²) >= 11 is 10.9. The van der Waals surface area contributed by atoms with Gasteiger partial charge in [0.15, 0.2) is 5.69 Å². The molecular weight excluding hydrogens is 378 g/mol. The van der Waals surface area contributed by atoms with E-state index in [1.807, 2.05) is 0 Å². The second-order valence-corrected chi connectivity index (χ2v) is 7.57. The number of aromatic nitrogens is 2. The fraction of sp³-hybridized carbons (Fsp3) is 0.636. The van der Waals surface area contributed by atoms with Gasteiger partial charge in [0.05, 0.1) is 13.2 Å². The van der Waals surface area contributed by atoms with Gasteiger partial charge < -0.3 is 9.42 Å². The highest BCUT2D eigenvalue weighted by Crippen LogP contribution is 2.51. The van der Waals surface area contributed by atoms with E-state index in [1.54, 1.807) is 13.8 Å². The molecule has 0 aliphatic carbocycles. The molecule has 0 aliphatic rings. The number of hydrogen-bond acceptors (Lipinski definition) is 7. The SMILES string of the molecule is CCOP(=S)(OCC)Oc1nc(N(C)C)nc(C(F)(F)F)c1Cl. The number of hydrogen-bond donors (Lipinski definition) is 0. The molecule has 23 heavy (non-hydrogen) atoms. The highest BCUT2D eigenvalue weighted by molar-refractivity contribution is 8.07. The molecule has 0 amide bonds. The standard InChI is InChI=1S/C11H16ClF3N3O3PS/c1-5-19-22(23,20-6-2)21-9-7(12)8(11(13,14)15)16-10(17-9)18(3)4/h5-6H2,1-4H3. The van der Waals surface area contributed by atoms with Crippen molar-refractivity contribution >= 4 is 36.1 Å². The van der Waals surface area contributed by atoms with E-state index in [4.69, 9.17) is 37.0 Å². The van der Waals surface area contributed by atoms with Gasteiger partial charge in [-0.3, -0.25) is 9.05 Å². The van der Waals surface area contributed by atoms with Gasteiger partial charge in [-0.15, -0.1) is 0 Å². The van der Waals surface area contributed by atoms with Crippen molar-refractivity contribution in [3.05, 3.63) is 10.7 Å². The van der Waals surface area contributed by atoms with E-state index in [1.165, 1.54) is 19.0 Å². The van der Waals surface area contributed by atoms with Crippen molar-refractivity contribution in [3.8, 4) is 5.88 Å². The minimum atomic E-state index is -4.78. The molecule has 0 saturated carbocycles. The number of halogens is 4. The zero-order valence-corrected chi connectivity index (χ0v) is 15.3.